The molecular weight excluding hydrogens is 396 g/mol. The van der Waals surface area contributed by atoms with Gasteiger partial charge in [0.15, 0.2) is 0 Å². The van der Waals surface area contributed by atoms with E-state index in [0.29, 0.717) is 12.0 Å². The molecule has 0 heterocycles. The van der Waals surface area contributed by atoms with Crippen molar-refractivity contribution in [2.24, 2.45) is 11.8 Å². The zero-order chi connectivity index (χ0) is 22.4. The largest absolute Gasteiger partial charge is 0.493 e. The minimum absolute atomic E-state index is 0.469. The van der Waals surface area contributed by atoms with Crippen molar-refractivity contribution in [3.05, 3.63) is 29.8 Å². The molecule has 3 rings (SSSR count). The Balaban J connectivity index is 1.26. The summed E-state index contributed by atoms with van der Waals surface area (Å²) in [6.45, 7) is 4.98. The van der Waals surface area contributed by atoms with E-state index in [1.807, 2.05) is 0 Å². The maximum Gasteiger partial charge on any atom is 0.119 e. The smallest absolute Gasteiger partial charge is 0.119 e. The summed E-state index contributed by atoms with van der Waals surface area (Å²) in [5.74, 6) is 3.46. The number of benzene rings is 1. The van der Waals surface area contributed by atoms with Crippen molar-refractivity contribution in [3.63, 3.8) is 0 Å². The van der Waals surface area contributed by atoms with Crippen LogP contribution in [0.1, 0.15) is 108 Å². The van der Waals surface area contributed by atoms with Crippen LogP contribution in [0.4, 0.5) is 0 Å². The molecule has 182 valence electrons. The summed E-state index contributed by atoms with van der Waals surface area (Å²) in [7, 11) is 1.78. The SMILES string of the molecule is CCCC1CCC(c2ccc(OCC3CCC(OCCCCCCOC)CC3)cc2)CC1. The van der Waals surface area contributed by atoms with Gasteiger partial charge >= 0.3 is 0 Å². The van der Waals surface area contributed by atoms with Gasteiger partial charge in [-0.1, -0.05) is 44.7 Å². The van der Waals surface area contributed by atoms with E-state index in [1.165, 1.54) is 95.5 Å². The van der Waals surface area contributed by atoms with E-state index >= 15 is 0 Å². The molecule has 0 spiro atoms. The van der Waals surface area contributed by atoms with Crippen molar-refractivity contribution in [1.82, 2.24) is 0 Å². The van der Waals surface area contributed by atoms with Crippen LogP contribution in [0.15, 0.2) is 24.3 Å². The number of unbranched alkanes of at least 4 members (excludes halogenated alkanes) is 3. The number of ether oxygens (including phenoxy) is 3. The summed E-state index contributed by atoms with van der Waals surface area (Å²) in [5.41, 5.74) is 1.52. The number of methoxy groups -OCH3 is 1. The second-order valence-corrected chi connectivity index (χ2v) is 10.3. The van der Waals surface area contributed by atoms with Crippen LogP contribution in [0.3, 0.4) is 0 Å². The maximum absolute atomic E-state index is 6.17. The topological polar surface area (TPSA) is 27.7 Å². The van der Waals surface area contributed by atoms with Crippen molar-refractivity contribution < 1.29 is 14.2 Å². The molecule has 2 saturated carbocycles. The lowest BCUT2D eigenvalue weighted by molar-refractivity contribution is 0.0109. The van der Waals surface area contributed by atoms with E-state index in [2.05, 4.69) is 31.2 Å². The van der Waals surface area contributed by atoms with Crippen LogP contribution in [0, 0.1) is 11.8 Å². The third-order valence-electron chi connectivity index (χ3n) is 7.77. The fourth-order valence-corrected chi connectivity index (χ4v) is 5.66. The van der Waals surface area contributed by atoms with Gasteiger partial charge in [0, 0.05) is 20.3 Å². The molecule has 2 fully saturated rings. The van der Waals surface area contributed by atoms with Gasteiger partial charge in [0.05, 0.1) is 12.7 Å². The predicted molar refractivity (Wildman–Crippen MR) is 134 cm³/mol. The predicted octanol–water partition coefficient (Wildman–Crippen LogP) is 7.92. The van der Waals surface area contributed by atoms with Crippen molar-refractivity contribution in [1.29, 1.82) is 0 Å². The number of rotatable bonds is 14. The maximum atomic E-state index is 6.17. The Hall–Kier alpha value is -1.06. The van der Waals surface area contributed by atoms with Crippen LogP contribution < -0.4 is 4.74 Å². The van der Waals surface area contributed by atoms with Crippen LogP contribution in [-0.4, -0.2) is 33.0 Å². The average Bonchev–Trinajstić information content (AvgIpc) is 2.84. The summed E-state index contributed by atoms with van der Waals surface area (Å²) in [4.78, 5) is 0. The minimum Gasteiger partial charge on any atom is -0.493 e. The summed E-state index contributed by atoms with van der Waals surface area (Å²) >= 11 is 0. The fourth-order valence-electron chi connectivity index (χ4n) is 5.66. The second kappa shape index (κ2) is 15.0. The highest BCUT2D eigenvalue weighted by Crippen LogP contribution is 2.38. The van der Waals surface area contributed by atoms with Crippen LogP contribution >= 0.6 is 0 Å². The van der Waals surface area contributed by atoms with E-state index in [-0.39, 0.29) is 0 Å². The third kappa shape index (κ3) is 9.06. The van der Waals surface area contributed by atoms with E-state index in [0.717, 1.165) is 37.4 Å². The Morgan fingerprint density at radius 1 is 0.750 bits per heavy atom. The Bertz CT molecular complexity index is 583. The minimum atomic E-state index is 0.469. The summed E-state index contributed by atoms with van der Waals surface area (Å²) in [6.07, 6.45) is 18.5. The van der Waals surface area contributed by atoms with Crippen LogP contribution in [-0.2, 0) is 9.47 Å². The molecule has 3 heteroatoms. The average molecular weight is 445 g/mol. The molecule has 0 N–H and O–H groups in total. The first-order chi connectivity index (χ1) is 15.8. The first-order valence-corrected chi connectivity index (χ1v) is 13.6. The van der Waals surface area contributed by atoms with Gasteiger partial charge in [-0.2, -0.15) is 0 Å². The number of hydrogen-bond acceptors (Lipinski definition) is 3. The molecule has 32 heavy (non-hydrogen) atoms. The highest BCUT2D eigenvalue weighted by molar-refractivity contribution is 5.29. The van der Waals surface area contributed by atoms with Crippen molar-refractivity contribution >= 4 is 0 Å². The Labute approximate surface area is 197 Å². The molecule has 0 unspecified atom stereocenters. The Kier molecular flexibility index (Phi) is 12.0. The summed E-state index contributed by atoms with van der Waals surface area (Å²) in [6, 6.07) is 9.05. The monoisotopic (exact) mass is 444 g/mol. The zero-order valence-electron chi connectivity index (χ0n) is 20.9. The first kappa shape index (κ1) is 25.6. The van der Waals surface area contributed by atoms with Gasteiger partial charge in [0.1, 0.15) is 5.75 Å². The Morgan fingerprint density at radius 3 is 2.06 bits per heavy atom. The lowest BCUT2D eigenvalue weighted by Crippen LogP contribution is -2.25. The van der Waals surface area contributed by atoms with Crippen molar-refractivity contribution in [2.45, 2.75) is 109 Å². The van der Waals surface area contributed by atoms with Gasteiger partial charge < -0.3 is 14.2 Å². The molecule has 1 aromatic rings. The second-order valence-electron chi connectivity index (χ2n) is 10.3. The third-order valence-corrected chi connectivity index (χ3v) is 7.77. The molecule has 0 radical (unpaired) electrons. The molecule has 1 aromatic carbocycles. The lowest BCUT2D eigenvalue weighted by Gasteiger charge is -2.29. The molecule has 2 aliphatic carbocycles. The highest BCUT2D eigenvalue weighted by Gasteiger charge is 2.23. The molecule has 0 bridgehead atoms. The number of hydrogen-bond donors (Lipinski definition) is 0. The van der Waals surface area contributed by atoms with Gasteiger partial charge in [-0.15, -0.1) is 0 Å². The summed E-state index contributed by atoms with van der Waals surface area (Å²) < 4.78 is 17.4. The molecule has 0 atom stereocenters. The van der Waals surface area contributed by atoms with Gasteiger partial charge in [0.2, 0.25) is 0 Å². The first-order valence-electron chi connectivity index (χ1n) is 13.6. The normalized spacial score (nSPS) is 26.2. The quantitative estimate of drug-likeness (QED) is 0.273. The van der Waals surface area contributed by atoms with E-state index in [1.54, 1.807) is 7.11 Å². The van der Waals surface area contributed by atoms with Gasteiger partial charge in [0.25, 0.3) is 0 Å². The molecule has 0 aromatic heterocycles. The highest BCUT2D eigenvalue weighted by atomic mass is 16.5. The van der Waals surface area contributed by atoms with Gasteiger partial charge in [-0.05, 0) is 99.7 Å². The van der Waals surface area contributed by atoms with Gasteiger partial charge in [-0.3, -0.25) is 0 Å². The Morgan fingerprint density at radius 2 is 1.41 bits per heavy atom. The molecule has 0 amide bonds. The lowest BCUT2D eigenvalue weighted by atomic mass is 9.77. The fraction of sp³-hybridized carbons (Fsp3) is 0.793. The zero-order valence-corrected chi connectivity index (χ0v) is 20.9. The van der Waals surface area contributed by atoms with Crippen LogP contribution in [0.25, 0.3) is 0 Å². The van der Waals surface area contributed by atoms with Crippen LogP contribution in [0.2, 0.25) is 0 Å². The van der Waals surface area contributed by atoms with E-state index < -0.39 is 0 Å². The van der Waals surface area contributed by atoms with E-state index in [4.69, 9.17) is 14.2 Å². The van der Waals surface area contributed by atoms with Crippen LogP contribution in [0.5, 0.6) is 5.75 Å². The standard InChI is InChI=1S/C29H48O3/c1-3-8-24-9-13-26(14-10-24)27-15-19-29(20-16-27)32-23-25-11-17-28(18-12-25)31-22-7-5-4-6-21-30-2/h15-16,19-20,24-26,28H,3-14,17-18,21-23H2,1-2H3. The van der Waals surface area contributed by atoms with Crippen molar-refractivity contribution in [2.75, 3.05) is 26.9 Å². The molecule has 3 nitrogen and oxygen atoms in total. The van der Waals surface area contributed by atoms with Gasteiger partial charge in [-0.25, -0.2) is 0 Å². The molecule has 0 saturated heterocycles. The summed E-state index contributed by atoms with van der Waals surface area (Å²) in [5, 5.41) is 0. The molecule has 0 aliphatic heterocycles. The molecule has 2 aliphatic rings. The van der Waals surface area contributed by atoms with E-state index in [9.17, 15) is 0 Å². The molecular formula is C29H48O3. The van der Waals surface area contributed by atoms with Crippen molar-refractivity contribution in [3.8, 4) is 5.75 Å².